The van der Waals surface area contributed by atoms with Gasteiger partial charge in [0.25, 0.3) is 0 Å². The van der Waals surface area contributed by atoms with Gasteiger partial charge in [-0.2, -0.15) is 0 Å². The van der Waals surface area contributed by atoms with Crippen LogP contribution in [-0.4, -0.2) is 72.9 Å². The molecule has 0 atom stereocenters. The van der Waals surface area contributed by atoms with Crippen LogP contribution in [0, 0.1) is 0 Å². The molecule has 0 aromatic carbocycles. The minimum atomic E-state index is -0.919. The molecule has 0 aliphatic rings. The zero-order valence-electron chi connectivity index (χ0n) is 10.7. The zero-order valence-corrected chi connectivity index (χ0v) is 10.7. The minimum absolute atomic E-state index is 0.0101. The largest absolute Gasteiger partial charge is 0.481 e. The highest BCUT2D eigenvalue weighted by Crippen LogP contribution is 1.93. The summed E-state index contributed by atoms with van der Waals surface area (Å²) in [5, 5.41) is 19.5. The molecule has 0 heterocycles. The molecule has 0 aromatic heterocycles. The molecule has 0 aliphatic heterocycles. The van der Waals surface area contributed by atoms with Gasteiger partial charge in [0, 0.05) is 26.2 Å². The van der Waals surface area contributed by atoms with Crippen LogP contribution in [0.5, 0.6) is 0 Å². The second-order valence-corrected chi connectivity index (χ2v) is 3.81. The number of ether oxygens (including phenoxy) is 1. The van der Waals surface area contributed by atoms with Gasteiger partial charge in [0.05, 0.1) is 26.1 Å². The topological polar surface area (TPSA) is 116 Å². The number of carboxylic acids is 2. The number of aliphatic carboxylic acids is 2. The van der Waals surface area contributed by atoms with Crippen molar-refractivity contribution >= 4 is 18.3 Å². The lowest BCUT2D eigenvalue weighted by atomic mass is 10.3. The van der Waals surface area contributed by atoms with Gasteiger partial charge in [0.1, 0.15) is 0 Å². The Hall–Kier alpha value is -1.67. The molecular formula is C11H20N2O6. The minimum Gasteiger partial charge on any atom is -0.481 e. The highest BCUT2D eigenvalue weighted by atomic mass is 16.5. The number of carbonyl (C=O) groups is 3. The van der Waals surface area contributed by atoms with E-state index in [1.165, 1.54) is 0 Å². The molecule has 0 spiro atoms. The monoisotopic (exact) mass is 276 g/mol. The first-order valence-corrected chi connectivity index (χ1v) is 5.97. The second-order valence-electron chi connectivity index (χ2n) is 3.81. The van der Waals surface area contributed by atoms with Gasteiger partial charge in [0.15, 0.2) is 0 Å². The quantitative estimate of drug-likeness (QED) is 0.292. The van der Waals surface area contributed by atoms with Gasteiger partial charge in [-0.1, -0.05) is 0 Å². The third kappa shape index (κ3) is 12.6. The first-order valence-electron chi connectivity index (χ1n) is 5.97. The summed E-state index contributed by atoms with van der Waals surface area (Å²) in [6, 6.07) is 0. The molecule has 8 heteroatoms. The Morgan fingerprint density at radius 3 is 2.32 bits per heavy atom. The fourth-order valence-corrected chi connectivity index (χ4v) is 1.33. The van der Waals surface area contributed by atoms with Gasteiger partial charge in [0.2, 0.25) is 6.41 Å². The third-order valence-corrected chi connectivity index (χ3v) is 2.31. The van der Waals surface area contributed by atoms with Crippen molar-refractivity contribution in [2.45, 2.75) is 12.8 Å². The van der Waals surface area contributed by atoms with Gasteiger partial charge >= 0.3 is 11.9 Å². The fourth-order valence-electron chi connectivity index (χ4n) is 1.33. The summed E-state index contributed by atoms with van der Waals surface area (Å²) in [7, 11) is 0. The molecule has 0 radical (unpaired) electrons. The van der Waals surface area contributed by atoms with Crippen molar-refractivity contribution in [3.05, 3.63) is 0 Å². The van der Waals surface area contributed by atoms with E-state index in [4.69, 9.17) is 14.9 Å². The number of hydrogen-bond acceptors (Lipinski definition) is 5. The Bertz CT molecular complexity index is 284. The molecule has 0 aromatic rings. The van der Waals surface area contributed by atoms with E-state index in [0.717, 1.165) is 0 Å². The van der Waals surface area contributed by atoms with Crippen molar-refractivity contribution in [3.63, 3.8) is 0 Å². The van der Waals surface area contributed by atoms with Crippen molar-refractivity contribution in [1.82, 2.24) is 10.2 Å². The molecule has 19 heavy (non-hydrogen) atoms. The Labute approximate surface area is 111 Å². The molecule has 0 bridgehead atoms. The predicted octanol–water partition coefficient (Wildman–Crippen LogP) is -1.000. The average molecular weight is 276 g/mol. The highest BCUT2D eigenvalue weighted by Gasteiger charge is 2.07. The summed E-state index contributed by atoms with van der Waals surface area (Å²) < 4.78 is 5.13. The number of carbonyl (C=O) groups excluding carboxylic acids is 1. The summed E-state index contributed by atoms with van der Waals surface area (Å²) in [4.78, 5) is 32.7. The molecule has 0 aliphatic carbocycles. The summed E-state index contributed by atoms with van der Waals surface area (Å²) in [6.45, 7) is 2.26. The lowest BCUT2D eigenvalue weighted by Gasteiger charge is -2.21. The summed E-state index contributed by atoms with van der Waals surface area (Å²) >= 11 is 0. The van der Waals surface area contributed by atoms with Crippen LogP contribution >= 0.6 is 0 Å². The molecule has 0 saturated carbocycles. The van der Waals surface area contributed by atoms with Crippen LogP contribution in [0.15, 0.2) is 0 Å². The zero-order chi connectivity index (χ0) is 14.5. The van der Waals surface area contributed by atoms with Crippen LogP contribution in [0.1, 0.15) is 12.8 Å². The molecule has 3 N–H and O–H groups in total. The predicted molar refractivity (Wildman–Crippen MR) is 65.8 cm³/mol. The Kier molecular flexibility index (Phi) is 10.4. The van der Waals surface area contributed by atoms with Crippen molar-refractivity contribution in [1.29, 1.82) is 0 Å². The van der Waals surface area contributed by atoms with E-state index >= 15 is 0 Å². The van der Waals surface area contributed by atoms with E-state index in [0.29, 0.717) is 39.2 Å². The van der Waals surface area contributed by atoms with E-state index in [1.807, 2.05) is 4.90 Å². The molecule has 0 fully saturated rings. The summed E-state index contributed by atoms with van der Waals surface area (Å²) in [5.41, 5.74) is 0. The summed E-state index contributed by atoms with van der Waals surface area (Å²) in [5.74, 6) is -1.81. The van der Waals surface area contributed by atoms with Crippen LogP contribution < -0.4 is 5.32 Å². The lowest BCUT2D eigenvalue weighted by molar-refractivity contribution is -0.139. The van der Waals surface area contributed by atoms with E-state index in [-0.39, 0.29) is 19.4 Å². The van der Waals surface area contributed by atoms with Crippen LogP contribution in [0.3, 0.4) is 0 Å². The Morgan fingerprint density at radius 2 is 1.74 bits per heavy atom. The average Bonchev–Trinajstić information content (AvgIpc) is 2.34. The SMILES string of the molecule is O=CNCCN(CCOCCC(=O)O)CCC(=O)O. The second kappa shape index (κ2) is 11.4. The number of carboxylic acid groups (broad SMARTS) is 2. The molecule has 0 saturated heterocycles. The lowest BCUT2D eigenvalue weighted by Crippen LogP contribution is -2.35. The molecule has 8 nitrogen and oxygen atoms in total. The first kappa shape index (κ1) is 17.3. The number of rotatable bonds is 13. The van der Waals surface area contributed by atoms with Crippen molar-refractivity contribution in [2.75, 3.05) is 39.4 Å². The van der Waals surface area contributed by atoms with E-state index < -0.39 is 11.9 Å². The number of nitrogens with one attached hydrogen (secondary N) is 1. The van der Waals surface area contributed by atoms with Crippen LogP contribution in [-0.2, 0) is 19.1 Å². The highest BCUT2D eigenvalue weighted by molar-refractivity contribution is 5.67. The van der Waals surface area contributed by atoms with Gasteiger partial charge in [-0.3, -0.25) is 19.3 Å². The van der Waals surface area contributed by atoms with Crippen LogP contribution in [0.4, 0.5) is 0 Å². The maximum absolute atomic E-state index is 10.5. The van der Waals surface area contributed by atoms with Crippen molar-refractivity contribution < 1.29 is 29.3 Å². The summed E-state index contributed by atoms with van der Waals surface area (Å²) in [6.07, 6.45) is 0.538. The van der Waals surface area contributed by atoms with Gasteiger partial charge in [-0.05, 0) is 0 Å². The van der Waals surface area contributed by atoms with Gasteiger partial charge in [-0.25, -0.2) is 0 Å². The van der Waals surface area contributed by atoms with Crippen molar-refractivity contribution in [3.8, 4) is 0 Å². The molecule has 0 unspecified atom stereocenters. The first-order chi connectivity index (χ1) is 9.06. The normalized spacial score (nSPS) is 10.4. The van der Waals surface area contributed by atoms with E-state index in [2.05, 4.69) is 5.32 Å². The van der Waals surface area contributed by atoms with Gasteiger partial charge in [-0.15, -0.1) is 0 Å². The van der Waals surface area contributed by atoms with Gasteiger partial charge < -0.3 is 20.3 Å². The van der Waals surface area contributed by atoms with Crippen molar-refractivity contribution in [2.24, 2.45) is 0 Å². The van der Waals surface area contributed by atoms with Crippen LogP contribution in [0.25, 0.3) is 0 Å². The smallest absolute Gasteiger partial charge is 0.305 e. The maximum Gasteiger partial charge on any atom is 0.305 e. The number of nitrogens with zero attached hydrogens (tertiary/aromatic N) is 1. The molecule has 0 rings (SSSR count). The fraction of sp³-hybridized carbons (Fsp3) is 0.727. The maximum atomic E-state index is 10.5. The molecular weight excluding hydrogens is 256 g/mol. The van der Waals surface area contributed by atoms with E-state index in [9.17, 15) is 14.4 Å². The Morgan fingerprint density at radius 1 is 1.05 bits per heavy atom. The number of hydrogen-bond donors (Lipinski definition) is 3. The number of amides is 1. The standard InChI is InChI=1S/C11H20N2O6/c14-9-12-3-5-13(4-1-10(15)16)6-8-19-7-2-11(17)18/h9H,1-8H2,(H,12,14)(H,15,16)(H,17,18). The Balaban J connectivity index is 3.79. The van der Waals surface area contributed by atoms with E-state index in [1.54, 1.807) is 0 Å². The molecule has 1 amide bonds. The van der Waals surface area contributed by atoms with Crippen LogP contribution in [0.2, 0.25) is 0 Å². The molecule has 110 valence electrons. The third-order valence-electron chi connectivity index (χ3n) is 2.31.